The van der Waals surface area contributed by atoms with Gasteiger partial charge in [-0.15, -0.1) is 0 Å². The number of carbonyl (C=O) groups is 1. The minimum absolute atomic E-state index is 0.196. The fourth-order valence-electron chi connectivity index (χ4n) is 3.02. The van der Waals surface area contributed by atoms with E-state index in [2.05, 4.69) is 25.5 Å². The van der Waals surface area contributed by atoms with E-state index in [1.165, 1.54) is 10.8 Å². The lowest BCUT2D eigenvalue weighted by molar-refractivity contribution is 0.0932. The zero-order chi connectivity index (χ0) is 19.0. The van der Waals surface area contributed by atoms with Crippen molar-refractivity contribution in [2.45, 2.75) is 19.9 Å². The van der Waals surface area contributed by atoms with Crippen LogP contribution in [0, 0.1) is 6.92 Å². The van der Waals surface area contributed by atoms with Crippen molar-refractivity contribution in [2.24, 2.45) is 7.05 Å². The van der Waals surface area contributed by atoms with Crippen molar-refractivity contribution in [2.75, 3.05) is 0 Å². The van der Waals surface area contributed by atoms with E-state index in [-0.39, 0.29) is 11.9 Å². The number of amides is 1. The molecule has 0 aliphatic rings. The van der Waals surface area contributed by atoms with Crippen molar-refractivity contribution < 1.29 is 4.79 Å². The zero-order valence-electron chi connectivity index (χ0n) is 15.3. The lowest BCUT2D eigenvalue weighted by Gasteiger charge is -2.14. The largest absolute Gasteiger partial charge is 0.344 e. The van der Waals surface area contributed by atoms with Gasteiger partial charge in [-0.25, -0.2) is 4.98 Å². The molecule has 8 heteroatoms. The van der Waals surface area contributed by atoms with Crippen LogP contribution in [0.5, 0.6) is 0 Å². The number of aromatic nitrogens is 6. The fraction of sp³-hybridized carbons (Fsp3) is 0.211. The normalized spacial score (nSPS) is 12.3. The molecule has 1 N–H and O–H groups in total. The highest BCUT2D eigenvalue weighted by Crippen LogP contribution is 2.20. The molecule has 3 heterocycles. The molecule has 0 unspecified atom stereocenters. The minimum Gasteiger partial charge on any atom is -0.344 e. The molecule has 0 aliphatic heterocycles. The Balaban J connectivity index is 1.71. The van der Waals surface area contributed by atoms with Crippen molar-refractivity contribution in [1.82, 2.24) is 34.7 Å². The third-order valence-corrected chi connectivity index (χ3v) is 4.64. The summed E-state index contributed by atoms with van der Waals surface area (Å²) in [5.74, 6) is 0.132. The van der Waals surface area contributed by atoms with E-state index in [0.717, 1.165) is 16.8 Å². The van der Waals surface area contributed by atoms with Crippen LogP contribution in [-0.4, -0.2) is 35.3 Å². The van der Waals surface area contributed by atoms with E-state index >= 15 is 0 Å². The maximum Gasteiger partial charge on any atom is 0.270 e. The van der Waals surface area contributed by atoms with E-state index in [1.54, 1.807) is 16.9 Å². The summed E-state index contributed by atoms with van der Waals surface area (Å²) in [6.07, 6.45) is 3.16. The maximum atomic E-state index is 13.0. The van der Waals surface area contributed by atoms with Crippen LogP contribution in [0.1, 0.15) is 34.7 Å². The predicted octanol–water partition coefficient (Wildman–Crippen LogP) is 2.32. The van der Waals surface area contributed by atoms with Gasteiger partial charge in [-0.05, 0) is 19.9 Å². The summed E-state index contributed by atoms with van der Waals surface area (Å²) in [4.78, 5) is 21.6. The van der Waals surface area contributed by atoms with Gasteiger partial charge in [-0.1, -0.05) is 30.3 Å². The van der Waals surface area contributed by atoms with Crippen LogP contribution in [0.4, 0.5) is 0 Å². The van der Waals surface area contributed by atoms with Gasteiger partial charge in [-0.2, -0.15) is 19.7 Å². The fourth-order valence-corrected chi connectivity index (χ4v) is 3.02. The van der Waals surface area contributed by atoms with Crippen LogP contribution in [0.15, 0.2) is 48.9 Å². The molecule has 0 saturated carbocycles. The summed E-state index contributed by atoms with van der Waals surface area (Å²) in [6, 6.07) is 11.2. The van der Waals surface area contributed by atoms with E-state index in [4.69, 9.17) is 0 Å². The number of nitrogens with one attached hydrogen (secondary N) is 1. The zero-order valence-corrected chi connectivity index (χ0v) is 15.3. The van der Waals surface area contributed by atoms with Crippen LogP contribution < -0.4 is 5.32 Å². The maximum absolute atomic E-state index is 13.0. The summed E-state index contributed by atoms with van der Waals surface area (Å²) >= 11 is 0. The van der Waals surface area contributed by atoms with Gasteiger partial charge in [0.25, 0.3) is 11.7 Å². The third-order valence-electron chi connectivity index (χ3n) is 4.64. The summed E-state index contributed by atoms with van der Waals surface area (Å²) in [5.41, 5.74) is 3.94. The van der Waals surface area contributed by atoms with Crippen molar-refractivity contribution in [3.63, 3.8) is 0 Å². The van der Waals surface area contributed by atoms with E-state index in [9.17, 15) is 4.79 Å². The molecule has 1 atom stereocenters. The lowest BCUT2D eigenvalue weighted by Crippen LogP contribution is -2.29. The van der Waals surface area contributed by atoms with Gasteiger partial charge in [0.2, 0.25) is 0 Å². The number of fused-ring (bicyclic) bond motifs is 1. The van der Waals surface area contributed by atoms with Crippen molar-refractivity contribution >= 4 is 11.7 Å². The molecular formula is C19H19N7O. The van der Waals surface area contributed by atoms with Crippen LogP contribution in [-0.2, 0) is 7.05 Å². The molecule has 136 valence electrons. The number of aryl methyl sites for hydroxylation is 1. The Morgan fingerprint density at radius 2 is 1.96 bits per heavy atom. The van der Waals surface area contributed by atoms with Gasteiger partial charge in [-0.3, -0.25) is 9.48 Å². The number of rotatable bonds is 4. The smallest absolute Gasteiger partial charge is 0.270 e. The van der Waals surface area contributed by atoms with Gasteiger partial charge < -0.3 is 5.32 Å². The minimum atomic E-state index is -0.249. The summed E-state index contributed by atoms with van der Waals surface area (Å²) in [6.45, 7) is 3.90. The predicted molar refractivity (Wildman–Crippen MR) is 100 cm³/mol. The first-order chi connectivity index (χ1) is 13.0. The molecule has 1 aromatic carbocycles. The van der Waals surface area contributed by atoms with Gasteiger partial charge in [0.1, 0.15) is 12.0 Å². The average molecular weight is 361 g/mol. The second-order valence-electron chi connectivity index (χ2n) is 6.37. The number of carbonyl (C=O) groups excluding carboxylic acids is 1. The second kappa shape index (κ2) is 6.64. The molecule has 0 aliphatic carbocycles. The standard InChI is InChI=1S/C19H19N7O/c1-12(15-10-21-25(3)13(15)2)23-18(27)17-9-16(14-7-5-4-6-8-14)24-19-20-11-22-26(17)19/h4-12H,1-3H3,(H,23,27)/t12-/m1/s1. The Bertz CT molecular complexity index is 1110. The van der Waals surface area contributed by atoms with Gasteiger partial charge >= 0.3 is 0 Å². The molecule has 27 heavy (non-hydrogen) atoms. The Morgan fingerprint density at radius 1 is 1.19 bits per heavy atom. The molecule has 3 aromatic heterocycles. The van der Waals surface area contributed by atoms with Gasteiger partial charge in [0.15, 0.2) is 0 Å². The number of nitrogens with zero attached hydrogens (tertiary/aromatic N) is 6. The molecule has 0 bridgehead atoms. The Morgan fingerprint density at radius 3 is 2.67 bits per heavy atom. The van der Waals surface area contributed by atoms with Gasteiger partial charge in [0.05, 0.1) is 17.9 Å². The van der Waals surface area contributed by atoms with E-state index in [1.807, 2.05) is 51.2 Å². The molecule has 0 radical (unpaired) electrons. The van der Waals surface area contributed by atoms with Crippen LogP contribution >= 0.6 is 0 Å². The molecule has 1 amide bonds. The van der Waals surface area contributed by atoms with E-state index in [0.29, 0.717) is 17.2 Å². The first kappa shape index (κ1) is 16.9. The summed E-state index contributed by atoms with van der Waals surface area (Å²) < 4.78 is 3.23. The highest BCUT2D eigenvalue weighted by atomic mass is 16.2. The molecule has 4 rings (SSSR count). The second-order valence-corrected chi connectivity index (χ2v) is 6.37. The van der Waals surface area contributed by atoms with E-state index < -0.39 is 0 Å². The molecule has 0 spiro atoms. The highest BCUT2D eigenvalue weighted by Gasteiger charge is 2.19. The summed E-state index contributed by atoms with van der Waals surface area (Å²) in [5, 5.41) is 11.4. The molecular weight excluding hydrogens is 342 g/mol. The Kier molecular flexibility index (Phi) is 4.15. The van der Waals surface area contributed by atoms with Crippen LogP contribution in [0.3, 0.4) is 0 Å². The number of benzene rings is 1. The van der Waals surface area contributed by atoms with Crippen LogP contribution in [0.2, 0.25) is 0 Å². The highest BCUT2D eigenvalue weighted by molar-refractivity contribution is 5.94. The van der Waals surface area contributed by atoms with Crippen molar-refractivity contribution in [3.05, 3.63) is 65.9 Å². The molecule has 0 saturated heterocycles. The SMILES string of the molecule is Cc1c([C@@H](C)NC(=O)c2cc(-c3ccccc3)nc3ncnn23)cnn1C. The van der Waals surface area contributed by atoms with Crippen molar-refractivity contribution in [1.29, 1.82) is 0 Å². The number of hydrogen-bond donors (Lipinski definition) is 1. The molecule has 0 fully saturated rings. The summed E-state index contributed by atoms with van der Waals surface area (Å²) in [7, 11) is 1.88. The first-order valence-electron chi connectivity index (χ1n) is 8.60. The average Bonchev–Trinajstić information content (AvgIpc) is 3.28. The van der Waals surface area contributed by atoms with Crippen molar-refractivity contribution in [3.8, 4) is 11.3 Å². The monoisotopic (exact) mass is 361 g/mol. The Hall–Kier alpha value is -3.55. The van der Waals surface area contributed by atoms with Crippen LogP contribution in [0.25, 0.3) is 17.0 Å². The molecule has 8 nitrogen and oxygen atoms in total. The third kappa shape index (κ3) is 3.05. The quantitative estimate of drug-likeness (QED) is 0.602. The topological polar surface area (TPSA) is 90.0 Å². The number of hydrogen-bond acceptors (Lipinski definition) is 5. The first-order valence-corrected chi connectivity index (χ1v) is 8.60. The Labute approximate surface area is 155 Å². The van der Waals surface area contributed by atoms with Gasteiger partial charge in [0, 0.05) is 23.9 Å². The molecule has 4 aromatic rings. The lowest BCUT2D eigenvalue weighted by atomic mass is 10.1.